The topological polar surface area (TPSA) is 137 Å². The van der Waals surface area contributed by atoms with Crippen molar-refractivity contribution in [1.82, 2.24) is 0 Å². The Morgan fingerprint density at radius 3 is 2.48 bits per heavy atom. The number of rotatable bonds is 5. The number of carbonyl (C=O) groups excluding carboxylic acids is 1. The minimum absolute atomic E-state index is 0.0406. The van der Waals surface area contributed by atoms with E-state index in [1.807, 2.05) is 0 Å². The van der Waals surface area contributed by atoms with Crippen molar-refractivity contribution in [3.8, 4) is 0 Å². The van der Waals surface area contributed by atoms with Gasteiger partial charge in [-0.1, -0.05) is 19.9 Å². The number of allylic oxidation sites excluding steroid dienone is 1. The van der Waals surface area contributed by atoms with Crippen LogP contribution in [0.1, 0.15) is 34.1 Å². The van der Waals surface area contributed by atoms with E-state index >= 15 is 0 Å². The van der Waals surface area contributed by atoms with Gasteiger partial charge < -0.3 is 35.0 Å². The van der Waals surface area contributed by atoms with Crippen LogP contribution in [0.4, 0.5) is 0 Å². The highest BCUT2D eigenvalue weighted by molar-refractivity contribution is 5.92. The zero-order chi connectivity index (χ0) is 20.6. The highest BCUT2D eigenvalue weighted by Crippen LogP contribution is 2.44. The van der Waals surface area contributed by atoms with Gasteiger partial charge in [-0.2, -0.15) is 0 Å². The van der Waals surface area contributed by atoms with E-state index in [2.05, 4.69) is 0 Å². The lowest BCUT2D eigenvalue weighted by Gasteiger charge is -2.44. The van der Waals surface area contributed by atoms with Crippen molar-refractivity contribution in [3.05, 3.63) is 23.8 Å². The van der Waals surface area contributed by atoms with Crippen LogP contribution in [-0.4, -0.2) is 80.3 Å². The number of carbonyl (C=O) groups is 1. The van der Waals surface area contributed by atoms with E-state index in [1.54, 1.807) is 39.8 Å². The Bertz CT molecular complexity index is 611. The molecule has 7 atom stereocenters. The summed E-state index contributed by atoms with van der Waals surface area (Å²) >= 11 is 0. The lowest BCUT2D eigenvalue weighted by Crippen LogP contribution is -2.59. The predicted molar refractivity (Wildman–Crippen MR) is 95.6 cm³/mol. The quantitative estimate of drug-likeness (QED) is 0.396. The van der Waals surface area contributed by atoms with Crippen LogP contribution in [0.5, 0.6) is 0 Å². The highest BCUT2D eigenvalue weighted by Gasteiger charge is 2.47. The van der Waals surface area contributed by atoms with Crippen molar-refractivity contribution >= 4 is 5.78 Å². The lowest BCUT2D eigenvalue weighted by molar-refractivity contribution is -0.306. The molecule has 0 saturated carbocycles. The fourth-order valence-electron chi connectivity index (χ4n) is 3.58. The number of hydrogen-bond donors (Lipinski definition) is 5. The van der Waals surface area contributed by atoms with E-state index in [0.29, 0.717) is 5.57 Å². The van der Waals surface area contributed by atoms with Gasteiger partial charge in [0.05, 0.1) is 12.7 Å². The Labute approximate surface area is 158 Å². The Morgan fingerprint density at radius 1 is 1.30 bits per heavy atom. The second kappa shape index (κ2) is 8.08. The van der Waals surface area contributed by atoms with Crippen LogP contribution in [0.3, 0.4) is 0 Å². The average Bonchev–Trinajstić information content (AvgIpc) is 2.58. The molecular weight excluding hydrogens is 356 g/mol. The number of aliphatic hydroxyl groups excluding tert-OH is 4. The third-order valence-corrected chi connectivity index (χ3v) is 5.43. The number of ether oxygens (including phenoxy) is 2. The molecule has 5 N–H and O–H groups in total. The minimum Gasteiger partial charge on any atom is -0.394 e. The third-order valence-electron chi connectivity index (χ3n) is 5.43. The monoisotopic (exact) mass is 386 g/mol. The van der Waals surface area contributed by atoms with E-state index in [1.165, 1.54) is 6.08 Å². The van der Waals surface area contributed by atoms with E-state index in [-0.39, 0.29) is 12.2 Å². The van der Waals surface area contributed by atoms with Crippen molar-refractivity contribution in [2.75, 3.05) is 6.61 Å². The first-order chi connectivity index (χ1) is 12.4. The standard InChI is InChI=1S/C19H30O8/c1-10-7-12(21)8-18(3,4)19(10,25)6-5-11(2)26-17-16(24)15(23)14(22)13(9-20)27-17/h5-7,11,13-17,20,22-25H,8-9H2,1-4H3/b6-5+/t11-,13+,14+,15-,16+,17+,19+/m0/s1. The molecule has 0 radical (unpaired) electrons. The van der Waals surface area contributed by atoms with E-state index < -0.39 is 54.4 Å². The summed E-state index contributed by atoms with van der Waals surface area (Å²) in [4.78, 5) is 11.8. The first-order valence-electron chi connectivity index (χ1n) is 9.02. The molecule has 8 nitrogen and oxygen atoms in total. The molecule has 0 spiro atoms. The van der Waals surface area contributed by atoms with Crippen LogP contribution in [0.25, 0.3) is 0 Å². The fraction of sp³-hybridized carbons (Fsp3) is 0.737. The molecule has 0 aromatic heterocycles. The molecule has 1 aliphatic heterocycles. The van der Waals surface area contributed by atoms with Gasteiger partial charge in [-0.15, -0.1) is 0 Å². The Hall–Kier alpha value is -1.13. The first-order valence-corrected chi connectivity index (χ1v) is 9.02. The average molecular weight is 386 g/mol. The summed E-state index contributed by atoms with van der Waals surface area (Å²) in [7, 11) is 0. The molecule has 1 aliphatic carbocycles. The van der Waals surface area contributed by atoms with Gasteiger partial charge in [0.2, 0.25) is 0 Å². The molecule has 0 bridgehead atoms. The van der Waals surface area contributed by atoms with Gasteiger partial charge in [-0.25, -0.2) is 0 Å². The Morgan fingerprint density at radius 2 is 1.93 bits per heavy atom. The maximum absolute atomic E-state index is 11.8. The summed E-state index contributed by atoms with van der Waals surface area (Å²) in [5.74, 6) is -0.0406. The molecule has 1 saturated heterocycles. The van der Waals surface area contributed by atoms with E-state index in [0.717, 1.165) is 0 Å². The van der Waals surface area contributed by atoms with Crippen LogP contribution in [0, 0.1) is 5.41 Å². The van der Waals surface area contributed by atoms with Gasteiger partial charge in [0.15, 0.2) is 12.1 Å². The van der Waals surface area contributed by atoms with Gasteiger partial charge in [0.25, 0.3) is 0 Å². The smallest absolute Gasteiger partial charge is 0.187 e. The first kappa shape index (κ1) is 22.2. The summed E-state index contributed by atoms with van der Waals surface area (Å²) in [6.07, 6.45) is -2.64. The highest BCUT2D eigenvalue weighted by atomic mass is 16.7. The van der Waals surface area contributed by atoms with Crippen LogP contribution in [0.15, 0.2) is 23.8 Å². The van der Waals surface area contributed by atoms with Crippen molar-refractivity contribution in [1.29, 1.82) is 0 Å². The molecule has 2 aliphatic rings. The summed E-state index contributed by atoms with van der Waals surface area (Å²) < 4.78 is 10.9. The molecule has 2 rings (SSSR count). The van der Waals surface area contributed by atoms with Gasteiger partial charge in [-0.3, -0.25) is 4.79 Å². The number of aliphatic hydroxyl groups is 5. The molecular formula is C19H30O8. The number of ketones is 1. The van der Waals surface area contributed by atoms with Gasteiger partial charge in [-0.05, 0) is 31.6 Å². The molecule has 0 unspecified atom stereocenters. The third kappa shape index (κ3) is 4.32. The maximum Gasteiger partial charge on any atom is 0.187 e. The molecule has 0 aromatic carbocycles. The van der Waals surface area contributed by atoms with E-state index in [9.17, 15) is 30.3 Å². The molecule has 0 amide bonds. The second-order valence-electron chi connectivity index (χ2n) is 8.02. The number of hydrogen-bond acceptors (Lipinski definition) is 8. The van der Waals surface area contributed by atoms with Crippen molar-refractivity contribution < 1.29 is 39.8 Å². The van der Waals surface area contributed by atoms with Crippen LogP contribution < -0.4 is 0 Å². The zero-order valence-corrected chi connectivity index (χ0v) is 16.1. The largest absolute Gasteiger partial charge is 0.394 e. The molecule has 8 heteroatoms. The summed E-state index contributed by atoms with van der Waals surface area (Å²) in [6, 6.07) is 0. The van der Waals surface area contributed by atoms with Gasteiger partial charge in [0.1, 0.15) is 30.0 Å². The Kier molecular flexibility index (Phi) is 6.63. The van der Waals surface area contributed by atoms with Crippen LogP contribution in [-0.2, 0) is 14.3 Å². The van der Waals surface area contributed by atoms with Gasteiger partial charge in [0, 0.05) is 11.8 Å². The predicted octanol–water partition coefficient (Wildman–Crippen LogP) is -0.576. The molecule has 0 aromatic rings. The van der Waals surface area contributed by atoms with Crippen molar-refractivity contribution in [3.63, 3.8) is 0 Å². The molecule has 1 fully saturated rings. The minimum atomic E-state index is -1.52. The van der Waals surface area contributed by atoms with E-state index in [4.69, 9.17) is 9.47 Å². The summed E-state index contributed by atoms with van der Waals surface area (Å²) in [5.41, 5.74) is -1.52. The fourth-order valence-corrected chi connectivity index (χ4v) is 3.58. The second-order valence-corrected chi connectivity index (χ2v) is 8.02. The van der Waals surface area contributed by atoms with Crippen LogP contribution in [0.2, 0.25) is 0 Å². The zero-order valence-electron chi connectivity index (χ0n) is 16.1. The summed E-state index contributed by atoms with van der Waals surface area (Å²) in [5, 5.41) is 50.0. The van der Waals surface area contributed by atoms with Crippen molar-refractivity contribution in [2.24, 2.45) is 5.41 Å². The van der Waals surface area contributed by atoms with Crippen molar-refractivity contribution in [2.45, 2.75) is 76.5 Å². The molecule has 1 heterocycles. The lowest BCUT2D eigenvalue weighted by atomic mass is 9.64. The molecule has 27 heavy (non-hydrogen) atoms. The van der Waals surface area contributed by atoms with Gasteiger partial charge >= 0.3 is 0 Å². The Balaban J connectivity index is 2.11. The normalized spacial score (nSPS) is 40.9. The molecule has 154 valence electrons. The van der Waals surface area contributed by atoms with Crippen LogP contribution >= 0.6 is 0 Å². The SMILES string of the molecule is CC1=CC(=O)CC(C)(C)[C@@]1(O)/C=C/[C@H](C)O[C@@H]1O[C@H](CO)[C@@H](O)[C@H](O)[C@H]1O. The maximum atomic E-state index is 11.8. The summed E-state index contributed by atoms with van der Waals surface area (Å²) in [6.45, 7) is 6.40.